The smallest absolute Gasteiger partial charge is 0.199 e. The lowest BCUT2D eigenvalue weighted by Crippen LogP contribution is -2.38. The van der Waals surface area contributed by atoms with Gasteiger partial charge in [-0.3, -0.25) is 0 Å². The van der Waals surface area contributed by atoms with Crippen LogP contribution in [0.25, 0.3) is 0 Å². The highest BCUT2D eigenvalue weighted by atomic mass is 127. The molecule has 0 aromatic rings. The number of rotatable bonds is 3. The minimum absolute atomic E-state index is 0.139. The molecule has 0 unspecified atom stereocenters. The molecule has 74 valence electrons. The monoisotopic (exact) mass is 418 g/mol. The van der Waals surface area contributed by atoms with Crippen molar-refractivity contribution >= 4 is 45.2 Å². The number of halogens is 8. The van der Waals surface area contributed by atoms with E-state index in [4.69, 9.17) is 0 Å². The second-order valence-corrected chi connectivity index (χ2v) is 4.93. The van der Waals surface area contributed by atoms with Crippen molar-refractivity contribution in [3.63, 3.8) is 0 Å². The quantitative estimate of drug-likeness (QED) is 0.369. The highest BCUT2D eigenvalue weighted by molar-refractivity contribution is 14.1. The van der Waals surface area contributed by atoms with Gasteiger partial charge in [0, 0.05) is 22.6 Å². The van der Waals surface area contributed by atoms with Crippen LogP contribution in [0.2, 0.25) is 0 Å². The van der Waals surface area contributed by atoms with E-state index >= 15 is 0 Å². The molecule has 0 saturated carbocycles. The van der Waals surface area contributed by atoms with Crippen molar-refractivity contribution in [1.82, 2.24) is 0 Å². The third kappa shape index (κ3) is 4.33. The third-order valence-corrected chi connectivity index (χ3v) is 2.01. The summed E-state index contributed by atoms with van der Waals surface area (Å²) >= 11 is 0.531. The summed E-state index contributed by atoms with van der Waals surface area (Å²) in [5.41, 5.74) is 0. The van der Waals surface area contributed by atoms with Crippen LogP contribution in [0, 0.1) is 0 Å². The minimum atomic E-state index is -4.68. The molecule has 0 fully saturated rings. The molecule has 0 aromatic heterocycles. The zero-order valence-electron chi connectivity index (χ0n) is 5.23. The molecule has 0 amide bonds. The van der Waals surface area contributed by atoms with Gasteiger partial charge >= 0.3 is 13.8 Å². The molecule has 0 aromatic carbocycles. The van der Waals surface area contributed by atoms with Gasteiger partial charge < -0.3 is 0 Å². The molecule has 0 bridgehead atoms. The van der Waals surface area contributed by atoms with Crippen LogP contribution in [0.4, 0.5) is 26.3 Å². The normalized spacial score (nSPS) is 15.0. The standard InChI is InChI=1S/C4H2F6I2/c5-2(6,4(9,10)12)1-3(7,8)11/h1H2. The zero-order chi connectivity index (χ0) is 10.2. The van der Waals surface area contributed by atoms with E-state index in [1.165, 1.54) is 0 Å². The lowest BCUT2D eigenvalue weighted by atomic mass is 10.2. The summed E-state index contributed by atoms with van der Waals surface area (Å²) in [4.78, 5) is 0. The molecule has 0 radical (unpaired) electrons. The maximum absolute atomic E-state index is 12.2. The topological polar surface area (TPSA) is 0 Å². The fraction of sp³-hybridized carbons (Fsp3) is 1.00. The van der Waals surface area contributed by atoms with Crippen LogP contribution in [0.1, 0.15) is 6.42 Å². The summed E-state index contributed by atoms with van der Waals surface area (Å²) in [5, 5.41) is 0. The highest BCUT2D eigenvalue weighted by Crippen LogP contribution is 2.47. The van der Waals surface area contributed by atoms with Gasteiger partial charge in [0.1, 0.15) is 0 Å². The van der Waals surface area contributed by atoms with Crippen LogP contribution in [-0.2, 0) is 0 Å². The first kappa shape index (κ1) is 13.0. The predicted molar refractivity (Wildman–Crippen MR) is 47.5 cm³/mol. The molecule has 0 nitrogen and oxygen atoms in total. The van der Waals surface area contributed by atoms with Gasteiger partial charge in [-0.25, -0.2) is 0 Å². The second-order valence-electron chi connectivity index (χ2n) is 1.99. The molecule has 0 saturated heterocycles. The van der Waals surface area contributed by atoms with E-state index in [9.17, 15) is 26.3 Å². The van der Waals surface area contributed by atoms with Crippen molar-refractivity contribution in [3.05, 3.63) is 0 Å². The van der Waals surface area contributed by atoms with Crippen molar-refractivity contribution in [2.45, 2.75) is 20.2 Å². The van der Waals surface area contributed by atoms with Gasteiger partial charge in [0.15, 0.2) is 0 Å². The molecule has 0 aliphatic rings. The van der Waals surface area contributed by atoms with Crippen LogP contribution in [-0.4, -0.2) is 13.8 Å². The van der Waals surface area contributed by atoms with Gasteiger partial charge in [0.2, 0.25) is 0 Å². The zero-order valence-corrected chi connectivity index (χ0v) is 9.55. The Kier molecular flexibility index (Phi) is 3.97. The summed E-state index contributed by atoms with van der Waals surface area (Å²) < 4.78 is 63.8. The lowest BCUT2D eigenvalue weighted by Gasteiger charge is -2.23. The Morgan fingerprint density at radius 3 is 1.25 bits per heavy atom. The molecule has 0 aliphatic heterocycles. The third-order valence-electron chi connectivity index (χ3n) is 0.837. The van der Waals surface area contributed by atoms with Crippen molar-refractivity contribution in [1.29, 1.82) is 0 Å². The van der Waals surface area contributed by atoms with Crippen LogP contribution in [0.3, 0.4) is 0 Å². The number of hydrogen-bond acceptors (Lipinski definition) is 0. The molecule has 0 heterocycles. The van der Waals surface area contributed by atoms with Crippen LogP contribution >= 0.6 is 45.2 Å². The van der Waals surface area contributed by atoms with E-state index < -0.39 is 20.2 Å². The second kappa shape index (κ2) is 3.65. The molecule has 0 atom stereocenters. The maximum Gasteiger partial charge on any atom is 0.358 e. The highest BCUT2D eigenvalue weighted by Gasteiger charge is 2.58. The predicted octanol–water partition coefficient (Wildman–Crippen LogP) is 4.07. The fourth-order valence-corrected chi connectivity index (χ4v) is 1.02. The molecule has 0 spiro atoms. The largest absolute Gasteiger partial charge is 0.358 e. The lowest BCUT2D eigenvalue weighted by molar-refractivity contribution is -0.165. The van der Waals surface area contributed by atoms with Crippen molar-refractivity contribution < 1.29 is 26.3 Å². The summed E-state index contributed by atoms with van der Waals surface area (Å²) in [5.74, 6) is -4.68. The summed E-state index contributed by atoms with van der Waals surface area (Å²) in [6, 6.07) is 0. The van der Waals surface area contributed by atoms with E-state index in [0.717, 1.165) is 0 Å². The summed E-state index contributed by atoms with van der Waals surface area (Å²) in [6.07, 6.45) is -2.16. The first-order chi connectivity index (χ1) is 4.96. The Morgan fingerprint density at radius 1 is 0.833 bits per heavy atom. The minimum Gasteiger partial charge on any atom is -0.199 e. The Bertz CT molecular complexity index is 156. The first-order valence-corrected chi connectivity index (χ1v) is 4.63. The molecular weight excluding hydrogens is 416 g/mol. The van der Waals surface area contributed by atoms with Crippen molar-refractivity contribution in [2.75, 3.05) is 0 Å². The van der Waals surface area contributed by atoms with Gasteiger partial charge in [-0.15, -0.1) is 0 Å². The van der Waals surface area contributed by atoms with E-state index in [0.29, 0.717) is 22.6 Å². The summed E-state index contributed by atoms with van der Waals surface area (Å²) in [6.45, 7) is 0. The van der Waals surface area contributed by atoms with Gasteiger partial charge in [-0.1, -0.05) is 0 Å². The summed E-state index contributed by atoms with van der Waals surface area (Å²) in [7, 11) is 0. The molecule has 8 heteroatoms. The van der Waals surface area contributed by atoms with E-state index in [-0.39, 0.29) is 22.6 Å². The van der Waals surface area contributed by atoms with Gasteiger partial charge in [-0.05, 0) is 22.6 Å². The number of hydrogen-bond donors (Lipinski definition) is 0. The fourth-order valence-electron chi connectivity index (χ4n) is 0.352. The Balaban J connectivity index is 4.44. The molecule has 12 heavy (non-hydrogen) atoms. The Hall–Kier alpha value is 1.04. The molecule has 0 rings (SSSR count). The van der Waals surface area contributed by atoms with Crippen LogP contribution in [0.5, 0.6) is 0 Å². The molecule has 0 aliphatic carbocycles. The molecular formula is C4H2F6I2. The van der Waals surface area contributed by atoms with Gasteiger partial charge in [0.25, 0.3) is 0 Å². The number of alkyl halides is 8. The van der Waals surface area contributed by atoms with E-state index in [2.05, 4.69) is 0 Å². The van der Waals surface area contributed by atoms with Gasteiger partial charge in [0.05, 0.1) is 6.42 Å². The van der Waals surface area contributed by atoms with Crippen LogP contribution in [0.15, 0.2) is 0 Å². The van der Waals surface area contributed by atoms with Crippen molar-refractivity contribution in [3.8, 4) is 0 Å². The Labute approximate surface area is 91.4 Å². The van der Waals surface area contributed by atoms with Gasteiger partial charge in [-0.2, -0.15) is 26.3 Å². The van der Waals surface area contributed by atoms with Crippen LogP contribution < -0.4 is 0 Å². The first-order valence-electron chi connectivity index (χ1n) is 2.47. The average molecular weight is 418 g/mol. The van der Waals surface area contributed by atoms with E-state index in [1.54, 1.807) is 0 Å². The average Bonchev–Trinajstić information content (AvgIpc) is 1.52. The SMILES string of the molecule is FC(F)(I)CC(F)(F)C(F)(F)I. The Morgan fingerprint density at radius 2 is 1.17 bits per heavy atom. The van der Waals surface area contributed by atoms with Crippen molar-refractivity contribution in [2.24, 2.45) is 0 Å². The van der Waals surface area contributed by atoms with E-state index in [1.807, 2.05) is 0 Å². The molecule has 0 N–H and O–H groups in total. The maximum atomic E-state index is 12.2.